The number of ether oxygens (including phenoxy) is 1. The van der Waals surface area contributed by atoms with E-state index in [9.17, 15) is 9.59 Å². The highest BCUT2D eigenvalue weighted by atomic mass is 16.6. The molecule has 0 bridgehead atoms. The standard InChI is InChI=1S/C12H21NO3/c1-2-3-4-5-6-10-16-12(15)13-9-7-8-11(13)14/h2-10H2,1H3. The number of hydrogen-bond acceptors (Lipinski definition) is 3. The van der Waals surface area contributed by atoms with Crippen LogP contribution in [0.25, 0.3) is 0 Å². The molecule has 4 nitrogen and oxygen atoms in total. The first-order valence-corrected chi connectivity index (χ1v) is 6.23. The van der Waals surface area contributed by atoms with Gasteiger partial charge in [-0.25, -0.2) is 9.69 Å². The number of likely N-dealkylation sites (tertiary alicyclic amines) is 1. The Hall–Kier alpha value is -1.06. The highest BCUT2D eigenvalue weighted by Gasteiger charge is 2.27. The van der Waals surface area contributed by atoms with Crippen molar-refractivity contribution in [3.8, 4) is 0 Å². The summed E-state index contributed by atoms with van der Waals surface area (Å²) in [4.78, 5) is 23.9. The zero-order chi connectivity index (χ0) is 11.8. The van der Waals surface area contributed by atoms with Crippen LogP contribution in [0.5, 0.6) is 0 Å². The Labute approximate surface area is 96.9 Å². The van der Waals surface area contributed by atoms with Crippen LogP contribution in [0.15, 0.2) is 0 Å². The van der Waals surface area contributed by atoms with Gasteiger partial charge in [-0.2, -0.15) is 0 Å². The van der Waals surface area contributed by atoms with Gasteiger partial charge in [0, 0.05) is 13.0 Å². The van der Waals surface area contributed by atoms with Gasteiger partial charge in [0.15, 0.2) is 0 Å². The fourth-order valence-electron chi connectivity index (χ4n) is 1.78. The summed E-state index contributed by atoms with van der Waals surface area (Å²) in [5.41, 5.74) is 0. The lowest BCUT2D eigenvalue weighted by Crippen LogP contribution is -2.32. The maximum atomic E-state index is 11.4. The van der Waals surface area contributed by atoms with Crippen molar-refractivity contribution < 1.29 is 14.3 Å². The molecule has 0 spiro atoms. The van der Waals surface area contributed by atoms with Gasteiger partial charge in [-0.15, -0.1) is 0 Å². The van der Waals surface area contributed by atoms with Crippen LogP contribution in [0.3, 0.4) is 0 Å². The van der Waals surface area contributed by atoms with Crippen molar-refractivity contribution in [2.45, 2.75) is 51.9 Å². The van der Waals surface area contributed by atoms with Crippen molar-refractivity contribution in [3.63, 3.8) is 0 Å². The lowest BCUT2D eigenvalue weighted by atomic mass is 10.2. The molecule has 1 heterocycles. The number of hydrogen-bond donors (Lipinski definition) is 0. The van der Waals surface area contributed by atoms with E-state index in [-0.39, 0.29) is 5.91 Å². The molecular formula is C12H21NO3. The SMILES string of the molecule is CCCCCCCOC(=O)N1CCCC1=O. The molecule has 0 N–H and O–H groups in total. The van der Waals surface area contributed by atoms with Crippen molar-refractivity contribution in [2.75, 3.05) is 13.2 Å². The van der Waals surface area contributed by atoms with Crippen molar-refractivity contribution in [1.82, 2.24) is 4.90 Å². The van der Waals surface area contributed by atoms with Gasteiger partial charge in [0.2, 0.25) is 5.91 Å². The maximum absolute atomic E-state index is 11.4. The summed E-state index contributed by atoms with van der Waals surface area (Å²) in [7, 11) is 0. The summed E-state index contributed by atoms with van der Waals surface area (Å²) in [5.74, 6) is -0.101. The smallest absolute Gasteiger partial charge is 0.416 e. The normalized spacial score (nSPS) is 15.6. The van der Waals surface area contributed by atoms with Crippen LogP contribution in [0.4, 0.5) is 4.79 Å². The Balaban J connectivity index is 2.04. The Morgan fingerprint density at radius 1 is 1.31 bits per heavy atom. The second-order valence-corrected chi connectivity index (χ2v) is 4.18. The molecule has 1 saturated heterocycles. The lowest BCUT2D eigenvalue weighted by molar-refractivity contribution is -0.126. The first-order valence-electron chi connectivity index (χ1n) is 6.23. The molecule has 4 heteroatoms. The summed E-state index contributed by atoms with van der Waals surface area (Å²) >= 11 is 0. The second kappa shape index (κ2) is 7.25. The minimum Gasteiger partial charge on any atom is -0.449 e. The number of carbonyl (C=O) groups is 2. The van der Waals surface area contributed by atoms with Crippen LogP contribution < -0.4 is 0 Å². The van der Waals surface area contributed by atoms with E-state index in [4.69, 9.17) is 4.74 Å². The predicted octanol–water partition coefficient (Wildman–Crippen LogP) is 2.72. The molecule has 16 heavy (non-hydrogen) atoms. The third-order valence-corrected chi connectivity index (χ3v) is 2.77. The Morgan fingerprint density at radius 3 is 2.69 bits per heavy atom. The van der Waals surface area contributed by atoms with Gasteiger partial charge in [0.25, 0.3) is 0 Å². The largest absolute Gasteiger partial charge is 0.449 e. The molecule has 1 aliphatic heterocycles. The van der Waals surface area contributed by atoms with Crippen LogP contribution in [-0.4, -0.2) is 30.1 Å². The van der Waals surface area contributed by atoms with E-state index in [1.54, 1.807) is 0 Å². The second-order valence-electron chi connectivity index (χ2n) is 4.18. The molecular weight excluding hydrogens is 206 g/mol. The van der Waals surface area contributed by atoms with E-state index < -0.39 is 6.09 Å². The zero-order valence-electron chi connectivity index (χ0n) is 10.0. The molecule has 0 aromatic rings. The van der Waals surface area contributed by atoms with E-state index in [2.05, 4.69) is 6.92 Å². The Kier molecular flexibility index (Phi) is 5.90. The first kappa shape index (κ1) is 13.0. The van der Waals surface area contributed by atoms with Crippen LogP contribution in [0, 0.1) is 0 Å². The Bertz CT molecular complexity index is 240. The van der Waals surface area contributed by atoms with Crippen molar-refractivity contribution in [3.05, 3.63) is 0 Å². The molecule has 0 radical (unpaired) electrons. The summed E-state index contributed by atoms with van der Waals surface area (Å²) in [5, 5.41) is 0. The quantitative estimate of drug-likeness (QED) is 0.655. The molecule has 0 unspecified atom stereocenters. The molecule has 1 fully saturated rings. The fraction of sp³-hybridized carbons (Fsp3) is 0.833. The van der Waals surface area contributed by atoms with E-state index in [1.165, 1.54) is 24.2 Å². The topological polar surface area (TPSA) is 46.6 Å². The van der Waals surface area contributed by atoms with E-state index in [0.29, 0.717) is 19.6 Å². The molecule has 2 amide bonds. The summed E-state index contributed by atoms with van der Waals surface area (Å²) in [6.45, 7) is 3.12. The van der Waals surface area contributed by atoms with E-state index in [1.807, 2.05) is 0 Å². The van der Waals surface area contributed by atoms with Crippen LogP contribution in [0.1, 0.15) is 51.9 Å². The van der Waals surface area contributed by atoms with Crippen molar-refractivity contribution in [2.24, 2.45) is 0 Å². The van der Waals surface area contributed by atoms with Gasteiger partial charge < -0.3 is 4.74 Å². The van der Waals surface area contributed by atoms with Gasteiger partial charge in [-0.1, -0.05) is 32.6 Å². The maximum Gasteiger partial charge on any atom is 0.416 e. The summed E-state index contributed by atoms with van der Waals surface area (Å²) < 4.78 is 5.04. The summed E-state index contributed by atoms with van der Waals surface area (Å²) in [6, 6.07) is 0. The van der Waals surface area contributed by atoms with Crippen LogP contribution in [0.2, 0.25) is 0 Å². The third-order valence-electron chi connectivity index (χ3n) is 2.77. The molecule has 0 saturated carbocycles. The summed E-state index contributed by atoms with van der Waals surface area (Å²) in [6.07, 6.45) is 6.41. The molecule has 1 rings (SSSR count). The van der Waals surface area contributed by atoms with Crippen LogP contribution >= 0.6 is 0 Å². The monoisotopic (exact) mass is 227 g/mol. The lowest BCUT2D eigenvalue weighted by Gasteiger charge is -2.13. The minimum atomic E-state index is -0.460. The van der Waals surface area contributed by atoms with Crippen molar-refractivity contribution in [1.29, 1.82) is 0 Å². The number of carbonyl (C=O) groups excluding carboxylic acids is 2. The van der Waals surface area contributed by atoms with Gasteiger partial charge in [-0.05, 0) is 12.8 Å². The van der Waals surface area contributed by atoms with E-state index >= 15 is 0 Å². The molecule has 92 valence electrons. The van der Waals surface area contributed by atoms with Crippen molar-refractivity contribution >= 4 is 12.0 Å². The number of imide groups is 1. The van der Waals surface area contributed by atoms with Gasteiger partial charge in [0.05, 0.1) is 6.61 Å². The van der Waals surface area contributed by atoms with Crippen LogP contribution in [-0.2, 0) is 9.53 Å². The number of nitrogens with zero attached hydrogens (tertiary/aromatic N) is 1. The zero-order valence-corrected chi connectivity index (χ0v) is 10.0. The highest BCUT2D eigenvalue weighted by molar-refractivity contribution is 5.93. The predicted molar refractivity (Wildman–Crippen MR) is 61.1 cm³/mol. The highest BCUT2D eigenvalue weighted by Crippen LogP contribution is 2.11. The van der Waals surface area contributed by atoms with Gasteiger partial charge in [0.1, 0.15) is 0 Å². The first-order chi connectivity index (χ1) is 7.75. The molecule has 0 aromatic heterocycles. The molecule has 1 aliphatic rings. The third kappa shape index (κ3) is 4.21. The minimum absolute atomic E-state index is 0.101. The van der Waals surface area contributed by atoms with E-state index in [0.717, 1.165) is 19.3 Å². The number of unbranched alkanes of at least 4 members (excludes halogenated alkanes) is 4. The number of amides is 2. The molecule has 0 aromatic carbocycles. The number of rotatable bonds is 6. The van der Waals surface area contributed by atoms with Gasteiger partial charge in [-0.3, -0.25) is 4.79 Å². The molecule has 0 atom stereocenters. The Morgan fingerprint density at radius 2 is 2.06 bits per heavy atom. The average molecular weight is 227 g/mol. The van der Waals surface area contributed by atoms with Gasteiger partial charge >= 0.3 is 6.09 Å². The molecule has 0 aliphatic carbocycles. The fourth-order valence-corrected chi connectivity index (χ4v) is 1.78. The average Bonchev–Trinajstić information content (AvgIpc) is 2.69.